The average molecular weight is 415 g/mol. The van der Waals surface area contributed by atoms with E-state index in [-0.39, 0.29) is 24.3 Å². The molecule has 0 aromatic heterocycles. The van der Waals surface area contributed by atoms with Gasteiger partial charge in [0.15, 0.2) is 0 Å². The summed E-state index contributed by atoms with van der Waals surface area (Å²) in [5.41, 5.74) is 0.271. The third-order valence-electron chi connectivity index (χ3n) is 6.86. The third kappa shape index (κ3) is 3.59. The average Bonchev–Trinajstić information content (AvgIpc) is 3.01. The van der Waals surface area contributed by atoms with E-state index in [2.05, 4.69) is 10.2 Å². The van der Waals surface area contributed by atoms with Crippen molar-refractivity contribution in [1.82, 2.24) is 15.1 Å². The van der Waals surface area contributed by atoms with Gasteiger partial charge in [-0.15, -0.1) is 0 Å². The molecule has 1 spiro atoms. The molecule has 3 aliphatic rings. The standard InChI is InChI=1S/C22H30N4O4/c1-16-5-3-4-10-22(16)20(28)26(21(29)23-22)15-19(27)25-13-11-24(12-14-25)17-6-8-18(30-2)9-7-17/h6-9,16H,3-5,10-15H2,1-2H3,(H,23,29)/t16-,22-/m0/s1. The maximum atomic E-state index is 13.1. The Bertz CT molecular complexity index is 819. The lowest BCUT2D eigenvalue weighted by atomic mass is 9.73. The lowest BCUT2D eigenvalue weighted by molar-refractivity contribution is -0.140. The van der Waals surface area contributed by atoms with Crippen molar-refractivity contribution in [3.63, 3.8) is 0 Å². The Balaban J connectivity index is 1.34. The molecule has 1 aromatic carbocycles. The van der Waals surface area contributed by atoms with Crippen molar-refractivity contribution >= 4 is 23.5 Å². The monoisotopic (exact) mass is 414 g/mol. The zero-order chi connectivity index (χ0) is 21.3. The maximum Gasteiger partial charge on any atom is 0.325 e. The molecular formula is C22H30N4O4. The number of amides is 4. The largest absolute Gasteiger partial charge is 0.497 e. The van der Waals surface area contributed by atoms with Gasteiger partial charge in [-0.25, -0.2) is 4.79 Å². The van der Waals surface area contributed by atoms with Gasteiger partial charge in [-0.3, -0.25) is 14.5 Å². The number of nitrogens with zero attached hydrogens (tertiary/aromatic N) is 3. The van der Waals surface area contributed by atoms with Crippen LogP contribution in [0.2, 0.25) is 0 Å². The zero-order valence-corrected chi connectivity index (χ0v) is 17.7. The van der Waals surface area contributed by atoms with E-state index >= 15 is 0 Å². The van der Waals surface area contributed by atoms with E-state index in [1.54, 1.807) is 12.0 Å². The fourth-order valence-corrected chi connectivity index (χ4v) is 4.88. The molecule has 2 aliphatic heterocycles. The molecule has 1 N–H and O–H groups in total. The number of benzene rings is 1. The molecule has 8 nitrogen and oxygen atoms in total. The SMILES string of the molecule is COc1ccc(N2CCN(C(=O)CN3C(=O)N[C@]4(CCCC[C@@H]4C)C3=O)CC2)cc1. The van der Waals surface area contributed by atoms with Gasteiger partial charge in [0.1, 0.15) is 17.8 Å². The van der Waals surface area contributed by atoms with Crippen LogP contribution in [0.1, 0.15) is 32.6 Å². The van der Waals surface area contributed by atoms with Gasteiger partial charge in [-0.1, -0.05) is 19.8 Å². The van der Waals surface area contributed by atoms with Crippen LogP contribution in [-0.2, 0) is 9.59 Å². The molecule has 4 rings (SSSR count). The Morgan fingerprint density at radius 1 is 1.13 bits per heavy atom. The quantitative estimate of drug-likeness (QED) is 0.761. The van der Waals surface area contributed by atoms with E-state index in [9.17, 15) is 14.4 Å². The van der Waals surface area contributed by atoms with Gasteiger partial charge in [0, 0.05) is 31.9 Å². The molecule has 0 radical (unpaired) electrons. The van der Waals surface area contributed by atoms with Crippen molar-refractivity contribution < 1.29 is 19.1 Å². The van der Waals surface area contributed by atoms with Crippen LogP contribution in [0.5, 0.6) is 5.75 Å². The van der Waals surface area contributed by atoms with Crippen LogP contribution in [0.4, 0.5) is 10.5 Å². The van der Waals surface area contributed by atoms with E-state index in [1.807, 2.05) is 31.2 Å². The van der Waals surface area contributed by atoms with Gasteiger partial charge < -0.3 is 19.9 Å². The van der Waals surface area contributed by atoms with Crippen molar-refractivity contribution in [1.29, 1.82) is 0 Å². The lowest BCUT2D eigenvalue weighted by Gasteiger charge is -2.37. The number of carbonyl (C=O) groups excluding carboxylic acids is 3. The van der Waals surface area contributed by atoms with Gasteiger partial charge in [0.05, 0.1) is 7.11 Å². The summed E-state index contributed by atoms with van der Waals surface area (Å²) < 4.78 is 5.20. The van der Waals surface area contributed by atoms with Crippen LogP contribution in [0.15, 0.2) is 24.3 Å². The molecule has 30 heavy (non-hydrogen) atoms. The van der Waals surface area contributed by atoms with E-state index in [4.69, 9.17) is 4.74 Å². The second-order valence-electron chi connectivity index (χ2n) is 8.51. The highest BCUT2D eigenvalue weighted by Crippen LogP contribution is 2.38. The molecule has 8 heteroatoms. The fourth-order valence-electron chi connectivity index (χ4n) is 4.88. The Morgan fingerprint density at radius 3 is 2.47 bits per heavy atom. The Labute approximate surface area is 177 Å². The second kappa shape index (κ2) is 8.16. The molecule has 162 valence electrons. The Hall–Kier alpha value is -2.77. The predicted molar refractivity (Wildman–Crippen MR) is 112 cm³/mol. The normalized spacial score (nSPS) is 26.9. The molecule has 1 aliphatic carbocycles. The minimum atomic E-state index is -0.817. The molecule has 3 fully saturated rings. The first kappa shape index (κ1) is 20.5. The molecular weight excluding hydrogens is 384 g/mol. The number of hydrogen-bond acceptors (Lipinski definition) is 5. The highest BCUT2D eigenvalue weighted by molar-refractivity contribution is 6.09. The maximum absolute atomic E-state index is 13.1. The van der Waals surface area contributed by atoms with Crippen LogP contribution in [-0.4, -0.2) is 73.0 Å². The van der Waals surface area contributed by atoms with Gasteiger partial charge >= 0.3 is 6.03 Å². The molecule has 2 atom stereocenters. The lowest BCUT2D eigenvalue weighted by Crippen LogP contribution is -2.55. The van der Waals surface area contributed by atoms with Gasteiger partial charge in [-0.05, 0) is 43.0 Å². The van der Waals surface area contributed by atoms with E-state index in [0.717, 1.165) is 35.6 Å². The van der Waals surface area contributed by atoms with Crippen molar-refractivity contribution in [2.45, 2.75) is 38.1 Å². The van der Waals surface area contributed by atoms with E-state index in [1.165, 1.54) is 0 Å². The van der Waals surface area contributed by atoms with E-state index < -0.39 is 11.6 Å². The topological polar surface area (TPSA) is 82.2 Å². The van der Waals surface area contributed by atoms with Crippen LogP contribution in [0, 0.1) is 5.92 Å². The number of hydrogen-bond donors (Lipinski definition) is 1. The fraction of sp³-hybridized carbons (Fsp3) is 0.591. The molecule has 2 heterocycles. The molecule has 1 saturated carbocycles. The summed E-state index contributed by atoms with van der Waals surface area (Å²) in [6, 6.07) is 7.43. The number of imide groups is 1. The molecule has 0 unspecified atom stereocenters. The summed E-state index contributed by atoms with van der Waals surface area (Å²) in [6.07, 6.45) is 3.57. The smallest absolute Gasteiger partial charge is 0.325 e. The Kier molecular flexibility index (Phi) is 5.58. The minimum Gasteiger partial charge on any atom is -0.497 e. The first-order chi connectivity index (χ1) is 14.4. The highest BCUT2D eigenvalue weighted by atomic mass is 16.5. The summed E-state index contributed by atoms with van der Waals surface area (Å²) in [7, 11) is 1.64. The summed E-state index contributed by atoms with van der Waals surface area (Å²) in [5.74, 6) is 0.500. The van der Waals surface area contributed by atoms with E-state index in [0.29, 0.717) is 32.6 Å². The highest BCUT2D eigenvalue weighted by Gasteiger charge is 2.55. The predicted octanol–water partition coefficient (Wildman–Crippen LogP) is 1.84. The van der Waals surface area contributed by atoms with Crippen LogP contribution >= 0.6 is 0 Å². The second-order valence-corrected chi connectivity index (χ2v) is 8.51. The van der Waals surface area contributed by atoms with Crippen LogP contribution < -0.4 is 15.0 Å². The van der Waals surface area contributed by atoms with Gasteiger partial charge in [0.2, 0.25) is 5.91 Å². The van der Waals surface area contributed by atoms with Crippen LogP contribution in [0.3, 0.4) is 0 Å². The van der Waals surface area contributed by atoms with Gasteiger partial charge in [-0.2, -0.15) is 0 Å². The van der Waals surface area contributed by atoms with Crippen LogP contribution in [0.25, 0.3) is 0 Å². The summed E-state index contributed by atoms with van der Waals surface area (Å²) in [5, 5.41) is 2.91. The number of ether oxygens (including phenoxy) is 1. The minimum absolute atomic E-state index is 0.0934. The van der Waals surface area contributed by atoms with Crippen molar-refractivity contribution in [3.8, 4) is 5.75 Å². The van der Waals surface area contributed by atoms with Crippen molar-refractivity contribution in [2.75, 3.05) is 44.7 Å². The first-order valence-electron chi connectivity index (χ1n) is 10.8. The third-order valence-corrected chi connectivity index (χ3v) is 6.86. The first-order valence-corrected chi connectivity index (χ1v) is 10.8. The molecule has 0 bridgehead atoms. The number of carbonyl (C=O) groups is 3. The van der Waals surface area contributed by atoms with Gasteiger partial charge in [0.25, 0.3) is 5.91 Å². The number of urea groups is 1. The van der Waals surface area contributed by atoms with Crippen molar-refractivity contribution in [2.24, 2.45) is 5.92 Å². The number of rotatable bonds is 4. The summed E-state index contributed by atoms with van der Waals surface area (Å²) in [4.78, 5) is 43.5. The molecule has 2 saturated heterocycles. The number of piperazine rings is 1. The summed E-state index contributed by atoms with van der Waals surface area (Å²) in [6.45, 7) is 4.38. The number of anilines is 1. The number of methoxy groups -OCH3 is 1. The molecule has 1 aromatic rings. The zero-order valence-electron chi connectivity index (χ0n) is 17.7. The Morgan fingerprint density at radius 2 is 1.83 bits per heavy atom. The summed E-state index contributed by atoms with van der Waals surface area (Å²) >= 11 is 0. The number of nitrogens with one attached hydrogen (secondary N) is 1. The van der Waals surface area contributed by atoms with Crippen molar-refractivity contribution in [3.05, 3.63) is 24.3 Å². The molecule has 4 amide bonds.